The van der Waals surface area contributed by atoms with Crippen LogP contribution in [0, 0.1) is 0 Å². The molecule has 6 nitrogen and oxygen atoms in total. The smallest absolute Gasteiger partial charge is 0.230 e. The third kappa shape index (κ3) is 6.32. The summed E-state index contributed by atoms with van der Waals surface area (Å²) < 4.78 is 2.17. The largest absolute Gasteiger partial charge is 0.353 e. The molecule has 1 amide bonds. The summed E-state index contributed by atoms with van der Waals surface area (Å²) in [6.07, 6.45) is 8.17. The van der Waals surface area contributed by atoms with Crippen molar-refractivity contribution in [2.24, 2.45) is 0 Å². The number of carbonyl (C=O) groups excluding carboxylic acids is 1. The molecule has 1 aromatic heterocycles. The third-order valence-corrected chi connectivity index (χ3v) is 6.76. The minimum atomic E-state index is 0.0994. The molecule has 2 aromatic rings. The number of nitrogens with zero attached hydrogens (tertiary/aromatic N) is 4. The maximum absolute atomic E-state index is 12.6. The summed E-state index contributed by atoms with van der Waals surface area (Å²) in [5.41, 5.74) is 1.21. The van der Waals surface area contributed by atoms with Gasteiger partial charge in [-0.05, 0) is 38.9 Å². The Hall–Kier alpha value is -1.86. The molecular weight excluding hydrogens is 394 g/mol. The maximum atomic E-state index is 12.6. The van der Waals surface area contributed by atoms with Crippen molar-refractivity contribution >= 4 is 17.7 Å². The number of thioether (sulfide) groups is 1. The van der Waals surface area contributed by atoms with Gasteiger partial charge in [-0.3, -0.25) is 9.69 Å². The van der Waals surface area contributed by atoms with Crippen molar-refractivity contribution in [2.45, 2.75) is 75.7 Å². The van der Waals surface area contributed by atoms with Crippen LogP contribution in [0.1, 0.15) is 69.3 Å². The van der Waals surface area contributed by atoms with Gasteiger partial charge in [0.2, 0.25) is 5.91 Å². The van der Waals surface area contributed by atoms with E-state index in [-0.39, 0.29) is 11.9 Å². The second-order valence-electron chi connectivity index (χ2n) is 8.34. The zero-order valence-electron chi connectivity index (χ0n) is 18.5. The summed E-state index contributed by atoms with van der Waals surface area (Å²) in [4.78, 5) is 14.8. The monoisotopic (exact) mass is 429 g/mol. The molecule has 0 unspecified atom stereocenters. The summed E-state index contributed by atoms with van der Waals surface area (Å²) >= 11 is 1.49. The molecule has 0 saturated heterocycles. The van der Waals surface area contributed by atoms with Crippen LogP contribution in [0.25, 0.3) is 0 Å². The number of hydrogen-bond donors (Lipinski definition) is 1. The topological polar surface area (TPSA) is 63.1 Å². The highest BCUT2D eigenvalue weighted by atomic mass is 32.2. The van der Waals surface area contributed by atoms with Gasteiger partial charge in [0, 0.05) is 6.04 Å². The van der Waals surface area contributed by atoms with Crippen molar-refractivity contribution in [1.29, 1.82) is 0 Å². The molecule has 0 bridgehead atoms. The van der Waals surface area contributed by atoms with Gasteiger partial charge in [0.05, 0.1) is 18.3 Å². The van der Waals surface area contributed by atoms with Crippen LogP contribution in [0.4, 0.5) is 0 Å². The van der Waals surface area contributed by atoms with E-state index in [0.717, 1.165) is 30.2 Å². The number of nitrogens with one attached hydrogen (secondary N) is 1. The lowest BCUT2D eigenvalue weighted by atomic mass is 10.1. The molecule has 7 heteroatoms. The highest BCUT2D eigenvalue weighted by molar-refractivity contribution is 7.99. The number of aromatic nitrogens is 3. The first-order chi connectivity index (χ1) is 14.6. The Morgan fingerprint density at radius 3 is 2.50 bits per heavy atom. The number of carbonyl (C=O) groups is 1. The molecule has 30 heavy (non-hydrogen) atoms. The van der Waals surface area contributed by atoms with Crippen molar-refractivity contribution < 1.29 is 4.79 Å². The van der Waals surface area contributed by atoms with E-state index in [4.69, 9.17) is 0 Å². The van der Waals surface area contributed by atoms with Crippen LogP contribution < -0.4 is 5.32 Å². The SMILES string of the molecule is CC[C@@H](c1nnc(SCC(=O)NC2CCCCCC2)n1Cc1ccccc1)N(C)C. The summed E-state index contributed by atoms with van der Waals surface area (Å²) in [6, 6.07) is 10.9. The first kappa shape index (κ1) is 22.8. The molecular formula is C23H35N5OS. The molecule has 0 spiro atoms. The van der Waals surface area contributed by atoms with Crippen LogP contribution in [0.15, 0.2) is 35.5 Å². The van der Waals surface area contributed by atoms with Gasteiger partial charge in [0.1, 0.15) is 0 Å². The van der Waals surface area contributed by atoms with E-state index >= 15 is 0 Å². The molecule has 1 N–H and O–H groups in total. The van der Waals surface area contributed by atoms with Crippen molar-refractivity contribution in [3.05, 3.63) is 41.7 Å². The van der Waals surface area contributed by atoms with E-state index in [0.29, 0.717) is 18.3 Å². The Morgan fingerprint density at radius 1 is 1.17 bits per heavy atom. The summed E-state index contributed by atoms with van der Waals surface area (Å²) in [5.74, 6) is 1.43. The Labute approximate surface area is 184 Å². The maximum Gasteiger partial charge on any atom is 0.230 e. The number of amides is 1. The first-order valence-corrected chi connectivity index (χ1v) is 12.1. The van der Waals surface area contributed by atoms with E-state index in [9.17, 15) is 4.79 Å². The average Bonchev–Trinajstić information content (AvgIpc) is 2.94. The van der Waals surface area contributed by atoms with Crippen LogP contribution in [-0.2, 0) is 11.3 Å². The molecule has 1 aliphatic rings. The summed E-state index contributed by atoms with van der Waals surface area (Å²) in [5, 5.41) is 13.0. The molecule has 1 saturated carbocycles. The standard InChI is InChI=1S/C23H35N5OS/c1-4-20(27(2)3)22-25-26-23(28(22)16-18-12-8-7-9-13-18)30-17-21(29)24-19-14-10-5-6-11-15-19/h7-9,12-13,19-20H,4-6,10-11,14-17H2,1-3H3,(H,24,29)/t20-/m0/s1. The fourth-order valence-corrected chi connectivity index (χ4v) is 4.93. The van der Waals surface area contributed by atoms with E-state index in [1.54, 1.807) is 0 Å². The Balaban J connectivity index is 1.71. The van der Waals surface area contributed by atoms with Crippen LogP contribution in [0.3, 0.4) is 0 Å². The van der Waals surface area contributed by atoms with Gasteiger partial charge < -0.3 is 9.88 Å². The van der Waals surface area contributed by atoms with Gasteiger partial charge >= 0.3 is 0 Å². The molecule has 164 valence electrons. The lowest BCUT2D eigenvalue weighted by Crippen LogP contribution is -2.35. The molecule has 3 rings (SSSR count). The van der Waals surface area contributed by atoms with Gasteiger partial charge in [-0.15, -0.1) is 10.2 Å². The second-order valence-corrected chi connectivity index (χ2v) is 9.29. The normalized spacial score (nSPS) is 16.4. The Bertz CT molecular complexity index is 784. The fourth-order valence-electron chi connectivity index (χ4n) is 4.17. The highest BCUT2D eigenvalue weighted by Gasteiger charge is 2.23. The predicted molar refractivity (Wildman–Crippen MR) is 123 cm³/mol. The van der Waals surface area contributed by atoms with E-state index in [2.05, 4.69) is 70.3 Å². The van der Waals surface area contributed by atoms with Crippen LogP contribution in [0.2, 0.25) is 0 Å². The summed E-state index contributed by atoms with van der Waals surface area (Å²) in [7, 11) is 4.14. The second kappa shape index (κ2) is 11.5. The molecule has 0 radical (unpaired) electrons. The van der Waals surface area contributed by atoms with Crippen LogP contribution in [0.5, 0.6) is 0 Å². The molecule has 1 atom stereocenters. The number of benzene rings is 1. The zero-order valence-corrected chi connectivity index (χ0v) is 19.3. The number of rotatable bonds is 9. The highest BCUT2D eigenvalue weighted by Crippen LogP contribution is 2.26. The lowest BCUT2D eigenvalue weighted by molar-refractivity contribution is -0.119. The number of hydrogen-bond acceptors (Lipinski definition) is 5. The lowest BCUT2D eigenvalue weighted by Gasteiger charge is -2.23. The van der Waals surface area contributed by atoms with E-state index < -0.39 is 0 Å². The Morgan fingerprint density at radius 2 is 1.87 bits per heavy atom. The summed E-state index contributed by atoms with van der Waals surface area (Å²) in [6.45, 7) is 2.87. The minimum absolute atomic E-state index is 0.0994. The van der Waals surface area contributed by atoms with E-state index in [1.165, 1.54) is 43.0 Å². The van der Waals surface area contributed by atoms with Crippen molar-refractivity contribution in [1.82, 2.24) is 25.0 Å². The quantitative estimate of drug-likeness (QED) is 0.476. The molecule has 1 aromatic carbocycles. The molecule has 1 fully saturated rings. The molecule has 1 aliphatic carbocycles. The average molecular weight is 430 g/mol. The predicted octanol–water partition coefficient (Wildman–Crippen LogP) is 4.27. The van der Waals surface area contributed by atoms with Gasteiger partial charge in [-0.2, -0.15) is 0 Å². The van der Waals surface area contributed by atoms with Gasteiger partial charge in [-0.25, -0.2) is 0 Å². The van der Waals surface area contributed by atoms with Crippen molar-refractivity contribution in [3.8, 4) is 0 Å². The fraction of sp³-hybridized carbons (Fsp3) is 0.609. The van der Waals surface area contributed by atoms with Crippen molar-refractivity contribution in [3.63, 3.8) is 0 Å². The zero-order chi connectivity index (χ0) is 21.3. The molecule has 1 heterocycles. The van der Waals surface area contributed by atoms with Gasteiger partial charge in [0.15, 0.2) is 11.0 Å². The van der Waals surface area contributed by atoms with Crippen LogP contribution >= 0.6 is 11.8 Å². The molecule has 0 aliphatic heterocycles. The van der Waals surface area contributed by atoms with Crippen LogP contribution in [-0.4, -0.2) is 51.5 Å². The van der Waals surface area contributed by atoms with Crippen molar-refractivity contribution in [2.75, 3.05) is 19.8 Å². The minimum Gasteiger partial charge on any atom is -0.353 e. The first-order valence-electron chi connectivity index (χ1n) is 11.1. The van der Waals surface area contributed by atoms with E-state index in [1.807, 2.05) is 6.07 Å². The van der Waals surface area contributed by atoms with Gasteiger partial charge in [0.25, 0.3) is 0 Å². The Kier molecular flexibility index (Phi) is 8.75. The third-order valence-electron chi connectivity index (χ3n) is 5.79. The van der Waals surface area contributed by atoms with Gasteiger partial charge in [-0.1, -0.05) is 74.7 Å².